The zero-order valence-corrected chi connectivity index (χ0v) is 8.17. The SMILES string of the molecule is C=C(C)CNc1ccc(N)cc1C#N. The fraction of sp³-hybridized carbons (Fsp3) is 0.182. The van der Waals surface area contributed by atoms with E-state index in [0.717, 1.165) is 11.3 Å². The number of nitrogens with one attached hydrogen (secondary N) is 1. The van der Waals surface area contributed by atoms with E-state index in [9.17, 15) is 0 Å². The first-order valence-electron chi connectivity index (χ1n) is 4.31. The lowest BCUT2D eigenvalue weighted by Gasteiger charge is -2.07. The van der Waals surface area contributed by atoms with Crippen molar-refractivity contribution in [2.45, 2.75) is 6.92 Å². The summed E-state index contributed by atoms with van der Waals surface area (Å²) in [4.78, 5) is 0. The Hall–Kier alpha value is -1.95. The molecule has 0 fully saturated rings. The summed E-state index contributed by atoms with van der Waals surface area (Å²) in [6.07, 6.45) is 0. The van der Waals surface area contributed by atoms with Crippen LogP contribution in [-0.2, 0) is 0 Å². The van der Waals surface area contributed by atoms with Crippen LogP contribution in [0.3, 0.4) is 0 Å². The summed E-state index contributed by atoms with van der Waals surface area (Å²) in [5, 5.41) is 12.0. The topological polar surface area (TPSA) is 61.8 Å². The Labute approximate surface area is 83.8 Å². The lowest BCUT2D eigenvalue weighted by molar-refractivity contribution is 1.21. The van der Waals surface area contributed by atoms with Crippen molar-refractivity contribution < 1.29 is 0 Å². The summed E-state index contributed by atoms with van der Waals surface area (Å²) in [6.45, 7) is 6.37. The minimum atomic E-state index is 0.561. The number of nitrogens with zero attached hydrogens (tertiary/aromatic N) is 1. The highest BCUT2D eigenvalue weighted by atomic mass is 14.9. The maximum atomic E-state index is 8.84. The molecule has 0 aliphatic heterocycles. The second-order valence-corrected chi connectivity index (χ2v) is 3.23. The third kappa shape index (κ3) is 2.53. The predicted molar refractivity (Wildman–Crippen MR) is 58.9 cm³/mol. The molecule has 0 heterocycles. The van der Waals surface area contributed by atoms with Gasteiger partial charge >= 0.3 is 0 Å². The lowest BCUT2D eigenvalue weighted by atomic mass is 10.1. The highest BCUT2D eigenvalue weighted by molar-refractivity contribution is 5.63. The first-order chi connectivity index (χ1) is 6.63. The molecule has 0 radical (unpaired) electrons. The number of nitrogens with two attached hydrogens (primary N) is 1. The number of hydrogen-bond donors (Lipinski definition) is 2. The van der Waals surface area contributed by atoms with E-state index in [2.05, 4.69) is 18.0 Å². The van der Waals surface area contributed by atoms with E-state index in [-0.39, 0.29) is 0 Å². The number of rotatable bonds is 3. The van der Waals surface area contributed by atoms with Gasteiger partial charge in [-0.25, -0.2) is 0 Å². The second kappa shape index (κ2) is 4.33. The highest BCUT2D eigenvalue weighted by Gasteiger charge is 2.00. The van der Waals surface area contributed by atoms with E-state index in [0.29, 0.717) is 17.8 Å². The monoisotopic (exact) mass is 187 g/mol. The Morgan fingerprint density at radius 2 is 2.36 bits per heavy atom. The molecule has 0 bridgehead atoms. The van der Waals surface area contributed by atoms with Crippen LogP contribution in [0.25, 0.3) is 0 Å². The van der Waals surface area contributed by atoms with Crippen molar-refractivity contribution in [3.05, 3.63) is 35.9 Å². The summed E-state index contributed by atoms with van der Waals surface area (Å²) in [5.41, 5.74) is 8.54. The molecule has 0 aliphatic carbocycles. The molecule has 0 unspecified atom stereocenters. The number of nitrogen functional groups attached to an aromatic ring is 1. The van der Waals surface area contributed by atoms with Gasteiger partial charge in [0.15, 0.2) is 0 Å². The van der Waals surface area contributed by atoms with Crippen LogP contribution < -0.4 is 11.1 Å². The number of nitriles is 1. The van der Waals surface area contributed by atoms with Crippen LogP contribution in [0.1, 0.15) is 12.5 Å². The molecule has 3 N–H and O–H groups in total. The molecular formula is C11H13N3. The standard InChI is InChI=1S/C11H13N3/c1-8(2)7-14-11-4-3-10(13)5-9(11)6-12/h3-5,14H,1,7,13H2,2H3. The summed E-state index contributed by atoms with van der Waals surface area (Å²) in [7, 11) is 0. The van der Waals surface area contributed by atoms with E-state index < -0.39 is 0 Å². The quantitative estimate of drug-likeness (QED) is 0.563. The molecule has 0 amide bonds. The van der Waals surface area contributed by atoms with Crippen LogP contribution >= 0.6 is 0 Å². The number of hydrogen-bond acceptors (Lipinski definition) is 3. The third-order valence-electron chi connectivity index (χ3n) is 1.74. The van der Waals surface area contributed by atoms with Gasteiger partial charge in [-0.2, -0.15) is 5.26 Å². The number of benzene rings is 1. The Morgan fingerprint density at radius 3 is 2.93 bits per heavy atom. The summed E-state index contributed by atoms with van der Waals surface area (Å²) in [5.74, 6) is 0. The molecule has 72 valence electrons. The van der Waals surface area contributed by atoms with Gasteiger partial charge in [-0.1, -0.05) is 12.2 Å². The molecular weight excluding hydrogens is 174 g/mol. The Balaban J connectivity index is 2.87. The Kier molecular flexibility index (Phi) is 3.14. The molecule has 0 saturated carbocycles. The first-order valence-corrected chi connectivity index (χ1v) is 4.31. The largest absolute Gasteiger partial charge is 0.399 e. The molecule has 0 spiro atoms. The van der Waals surface area contributed by atoms with Crippen molar-refractivity contribution in [3.63, 3.8) is 0 Å². The summed E-state index contributed by atoms with van der Waals surface area (Å²) < 4.78 is 0. The van der Waals surface area contributed by atoms with Crippen LogP contribution in [-0.4, -0.2) is 6.54 Å². The van der Waals surface area contributed by atoms with E-state index in [1.54, 1.807) is 18.2 Å². The van der Waals surface area contributed by atoms with Crippen molar-refractivity contribution in [1.82, 2.24) is 0 Å². The van der Waals surface area contributed by atoms with Crippen LogP contribution in [0.5, 0.6) is 0 Å². The normalized spacial score (nSPS) is 9.14. The fourth-order valence-electron chi connectivity index (χ4n) is 1.05. The first kappa shape index (κ1) is 10.1. The Bertz CT molecular complexity index is 388. The maximum absolute atomic E-state index is 8.84. The van der Waals surface area contributed by atoms with Crippen molar-refractivity contribution in [3.8, 4) is 6.07 Å². The third-order valence-corrected chi connectivity index (χ3v) is 1.74. The average molecular weight is 187 g/mol. The molecule has 0 aliphatic rings. The van der Waals surface area contributed by atoms with Gasteiger partial charge < -0.3 is 11.1 Å². The van der Waals surface area contributed by atoms with Crippen molar-refractivity contribution >= 4 is 11.4 Å². The van der Waals surface area contributed by atoms with Gasteiger partial charge in [-0.15, -0.1) is 0 Å². The molecule has 0 saturated heterocycles. The Morgan fingerprint density at radius 1 is 1.64 bits per heavy atom. The van der Waals surface area contributed by atoms with Gasteiger partial charge in [0.25, 0.3) is 0 Å². The molecule has 0 aromatic heterocycles. The number of anilines is 2. The molecule has 0 atom stereocenters. The second-order valence-electron chi connectivity index (χ2n) is 3.23. The predicted octanol–water partition coefficient (Wildman–Crippen LogP) is 2.13. The van der Waals surface area contributed by atoms with E-state index in [1.807, 2.05) is 6.92 Å². The maximum Gasteiger partial charge on any atom is 0.101 e. The molecule has 3 heteroatoms. The lowest BCUT2D eigenvalue weighted by Crippen LogP contribution is -2.03. The van der Waals surface area contributed by atoms with Crippen LogP contribution in [0.15, 0.2) is 30.4 Å². The fourth-order valence-corrected chi connectivity index (χ4v) is 1.05. The van der Waals surface area contributed by atoms with Gasteiger partial charge in [-0.3, -0.25) is 0 Å². The van der Waals surface area contributed by atoms with Crippen LogP contribution in [0.4, 0.5) is 11.4 Å². The van der Waals surface area contributed by atoms with Crippen LogP contribution in [0, 0.1) is 11.3 Å². The smallest absolute Gasteiger partial charge is 0.101 e. The zero-order valence-electron chi connectivity index (χ0n) is 8.17. The molecule has 1 rings (SSSR count). The summed E-state index contributed by atoms with van der Waals surface area (Å²) >= 11 is 0. The zero-order chi connectivity index (χ0) is 10.6. The highest BCUT2D eigenvalue weighted by Crippen LogP contribution is 2.17. The van der Waals surface area contributed by atoms with Gasteiger partial charge in [0, 0.05) is 12.2 Å². The van der Waals surface area contributed by atoms with Crippen LogP contribution in [0.2, 0.25) is 0 Å². The van der Waals surface area contributed by atoms with E-state index in [1.165, 1.54) is 0 Å². The minimum Gasteiger partial charge on any atom is -0.399 e. The van der Waals surface area contributed by atoms with Crippen molar-refractivity contribution in [1.29, 1.82) is 5.26 Å². The minimum absolute atomic E-state index is 0.561. The van der Waals surface area contributed by atoms with Gasteiger partial charge in [0.05, 0.1) is 11.3 Å². The molecule has 3 nitrogen and oxygen atoms in total. The van der Waals surface area contributed by atoms with Crippen molar-refractivity contribution in [2.24, 2.45) is 0 Å². The molecule has 1 aromatic carbocycles. The summed E-state index contributed by atoms with van der Waals surface area (Å²) in [6, 6.07) is 7.31. The molecule has 1 aromatic rings. The average Bonchev–Trinajstić information content (AvgIpc) is 2.15. The molecule has 14 heavy (non-hydrogen) atoms. The van der Waals surface area contributed by atoms with E-state index >= 15 is 0 Å². The van der Waals surface area contributed by atoms with Crippen molar-refractivity contribution in [2.75, 3.05) is 17.6 Å². The van der Waals surface area contributed by atoms with Gasteiger partial charge in [-0.05, 0) is 25.1 Å². The van der Waals surface area contributed by atoms with Gasteiger partial charge in [0.2, 0.25) is 0 Å². The van der Waals surface area contributed by atoms with E-state index in [4.69, 9.17) is 11.0 Å². The van der Waals surface area contributed by atoms with Gasteiger partial charge in [0.1, 0.15) is 6.07 Å².